The SMILES string of the molecule is CC(NC(=O)C(C(F)(F)F)C(F)(F)F)c1ccccc1N. The van der Waals surface area contributed by atoms with Gasteiger partial charge in [0.2, 0.25) is 11.8 Å². The Hall–Kier alpha value is -1.93. The van der Waals surface area contributed by atoms with Crippen molar-refractivity contribution in [3.05, 3.63) is 29.8 Å². The van der Waals surface area contributed by atoms with Crippen LogP contribution in [0.5, 0.6) is 0 Å². The number of carbonyl (C=O) groups is 1. The van der Waals surface area contributed by atoms with Crippen LogP contribution in [0, 0.1) is 5.92 Å². The molecule has 0 radical (unpaired) electrons. The number of alkyl halides is 6. The van der Waals surface area contributed by atoms with Crippen molar-refractivity contribution < 1.29 is 31.1 Å². The molecule has 21 heavy (non-hydrogen) atoms. The first-order valence-electron chi connectivity index (χ1n) is 5.72. The number of benzene rings is 1. The Kier molecular flexibility index (Phi) is 4.75. The van der Waals surface area contributed by atoms with E-state index < -0.39 is 30.2 Å². The van der Waals surface area contributed by atoms with E-state index >= 15 is 0 Å². The summed E-state index contributed by atoms with van der Waals surface area (Å²) in [5, 5.41) is 1.69. The van der Waals surface area contributed by atoms with Crippen LogP contribution in [0.1, 0.15) is 18.5 Å². The first-order valence-corrected chi connectivity index (χ1v) is 5.72. The fourth-order valence-corrected chi connectivity index (χ4v) is 1.76. The first kappa shape index (κ1) is 17.1. The van der Waals surface area contributed by atoms with Crippen molar-refractivity contribution in [3.8, 4) is 0 Å². The summed E-state index contributed by atoms with van der Waals surface area (Å²) in [6.07, 6.45) is -11.4. The molecular formula is C12H12F6N2O. The lowest BCUT2D eigenvalue weighted by molar-refractivity contribution is -0.274. The smallest absolute Gasteiger partial charge is 0.398 e. The summed E-state index contributed by atoms with van der Waals surface area (Å²) in [7, 11) is 0. The number of amides is 1. The average Bonchev–Trinajstić information content (AvgIpc) is 2.24. The molecule has 1 atom stereocenters. The molecule has 1 aromatic rings. The van der Waals surface area contributed by atoms with Gasteiger partial charge in [-0.1, -0.05) is 18.2 Å². The van der Waals surface area contributed by atoms with E-state index in [9.17, 15) is 31.1 Å². The lowest BCUT2D eigenvalue weighted by Crippen LogP contribution is -2.48. The number of hydrogen-bond acceptors (Lipinski definition) is 2. The van der Waals surface area contributed by atoms with E-state index in [-0.39, 0.29) is 11.3 Å². The van der Waals surface area contributed by atoms with Crippen molar-refractivity contribution in [3.63, 3.8) is 0 Å². The standard InChI is InChI=1S/C12H12F6N2O/c1-6(7-4-2-3-5-8(7)19)20-10(21)9(11(13,14)15)12(16,17)18/h2-6,9H,19H2,1H3,(H,20,21). The second-order valence-corrected chi connectivity index (χ2v) is 4.38. The Labute approximate surface area is 116 Å². The summed E-state index contributed by atoms with van der Waals surface area (Å²) in [6, 6.07) is 4.77. The average molecular weight is 314 g/mol. The van der Waals surface area contributed by atoms with Gasteiger partial charge in [0, 0.05) is 5.69 Å². The Morgan fingerprint density at radius 3 is 2.00 bits per heavy atom. The molecule has 0 aliphatic rings. The molecule has 0 bridgehead atoms. The van der Waals surface area contributed by atoms with Crippen LogP contribution >= 0.6 is 0 Å². The minimum absolute atomic E-state index is 0.154. The highest BCUT2D eigenvalue weighted by Gasteiger charge is 2.61. The lowest BCUT2D eigenvalue weighted by atomic mass is 10.0. The highest BCUT2D eigenvalue weighted by Crippen LogP contribution is 2.39. The zero-order valence-corrected chi connectivity index (χ0v) is 10.7. The summed E-state index contributed by atoms with van der Waals surface area (Å²) < 4.78 is 74.4. The number of nitrogens with one attached hydrogen (secondary N) is 1. The van der Waals surface area contributed by atoms with Gasteiger partial charge in [-0.25, -0.2) is 0 Å². The second kappa shape index (κ2) is 5.82. The van der Waals surface area contributed by atoms with E-state index in [2.05, 4.69) is 0 Å². The highest BCUT2D eigenvalue weighted by molar-refractivity contribution is 5.81. The van der Waals surface area contributed by atoms with Crippen LogP contribution in [0.4, 0.5) is 32.0 Å². The van der Waals surface area contributed by atoms with Crippen LogP contribution < -0.4 is 11.1 Å². The predicted octanol–water partition coefficient (Wildman–Crippen LogP) is 3.19. The monoisotopic (exact) mass is 314 g/mol. The lowest BCUT2D eigenvalue weighted by Gasteiger charge is -2.24. The molecule has 0 fully saturated rings. The topological polar surface area (TPSA) is 55.1 Å². The van der Waals surface area contributed by atoms with Crippen molar-refractivity contribution in [1.29, 1.82) is 0 Å². The van der Waals surface area contributed by atoms with E-state index in [4.69, 9.17) is 5.73 Å². The molecule has 0 heterocycles. The molecule has 0 saturated heterocycles. The minimum Gasteiger partial charge on any atom is -0.398 e. The molecule has 3 nitrogen and oxygen atoms in total. The number of rotatable bonds is 3. The third kappa shape index (κ3) is 4.27. The van der Waals surface area contributed by atoms with Gasteiger partial charge in [0.05, 0.1) is 6.04 Å². The molecule has 118 valence electrons. The van der Waals surface area contributed by atoms with Crippen molar-refractivity contribution >= 4 is 11.6 Å². The molecular weight excluding hydrogens is 302 g/mol. The molecule has 1 rings (SSSR count). The van der Waals surface area contributed by atoms with Crippen molar-refractivity contribution in [2.24, 2.45) is 5.92 Å². The van der Waals surface area contributed by atoms with E-state index in [1.807, 2.05) is 0 Å². The van der Waals surface area contributed by atoms with Crippen LogP contribution in [0.15, 0.2) is 24.3 Å². The Morgan fingerprint density at radius 2 is 1.57 bits per heavy atom. The third-order valence-electron chi connectivity index (χ3n) is 2.74. The number of anilines is 1. The number of nitrogens with two attached hydrogens (primary N) is 1. The normalized spacial score (nSPS) is 14.1. The van der Waals surface area contributed by atoms with Crippen LogP contribution in [0.2, 0.25) is 0 Å². The summed E-state index contributed by atoms with van der Waals surface area (Å²) in [5.74, 6) is -6.23. The van der Waals surface area contributed by atoms with E-state index in [0.29, 0.717) is 0 Å². The predicted molar refractivity (Wildman–Crippen MR) is 63.0 cm³/mol. The Balaban J connectivity index is 2.96. The molecule has 0 aliphatic carbocycles. The van der Waals surface area contributed by atoms with Crippen molar-refractivity contribution in [2.45, 2.75) is 25.3 Å². The van der Waals surface area contributed by atoms with Crippen LogP contribution in [-0.2, 0) is 4.79 Å². The van der Waals surface area contributed by atoms with Crippen LogP contribution in [0.25, 0.3) is 0 Å². The van der Waals surface area contributed by atoms with Gasteiger partial charge in [0.25, 0.3) is 0 Å². The van der Waals surface area contributed by atoms with Gasteiger partial charge < -0.3 is 11.1 Å². The van der Waals surface area contributed by atoms with E-state index in [0.717, 1.165) is 0 Å². The molecule has 0 spiro atoms. The molecule has 0 aromatic heterocycles. The number of halogens is 6. The summed E-state index contributed by atoms with van der Waals surface area (Å²) in [6.45, 7) is 1.24. The Bertz CT molecular complexity index is 497. The molecule has 3 N–H and O–H groups in total. The molecule has 1 amide bonds. The summed E-state index contributed by atoms with van der Waals surface area (Å²) in [4.78, 5) is 11.3. The first-order chi connectivity index (χ1) is 9.44. The number of hydrogen-bond donors (Lipinski definition) is 2. The molecule has 9 heteroatoms. The van der Waals surface area contributed by atoms with Gasteiger partial charge in [0.1, 0.15) is 0 Å². The molecule has 0 saturated carbocycles. The van der Waals surface area contributed by atoms with Gasteiger partial charge in [-0.05, 0) is 18.6 Å². The van der Waals surface area contributed by atoms with Gasteiger partial charge in [-0.15, -0.1) is 0 Å². The molecule has 1 aromatic carbocycles. The number of para-hydroxylation sites is 1. The van der Waals surface area contributed by atoms with E-state index in [1.165, 1.54) is 25.1 Å². The van der Waals surface area contributed by atoms with Crippen LogP contribution in [-0.4, -0.2) is 18.3 Å². The maximum absolute atomic E-state index is 12.4. The van der Waals surface area contributed by atoms with Crippen molar-refractivity contribution in [1.82, 2.24) is 5.32 Å². The zero-order chi connectivity index (χ0) is 16.4. The van der Waals surface area contributed by atoms with E-state index in [1.54, 1.807) is 11.4 Å². The largest absolute Gasteiger partial charge is 0.409 e. The third-order valence-corrected chi connectivity index (χ3v) is 2.74. The van der Waals surface area contributed by atoms with Gasteiger partial charge >= 0.3 is 12.4 Å². The van der Waals surface area contributed by atoms with Crippen LogP contribution in [0.3, 0.4) is 0 Å². The van der Waals surface area contributed by atoms with Crippen molar-refractivity contribution in [2.75, 3.05) is 5.73 Å². The fraction of sp³-hybridized carbons (Fsp3) is 0.417. The highest BCUT2D eigenvalue weighted by atomic mass is 19.4. The van der Waals surface area contributed by atoms with Gasteiger partial charge in [-0.2, -0.15) is 26.3 Å². The Morgan fingerprint density at radius 1 is 1.10 bits per heavy atom. The maximum Gasteiger partial charge on any atom is 0.409 e. The fourth-order valence-electron chi connectivity index (χ4n) is 1.76. The number of carbonyl (C=O) groups excluding carboxylic acids is 1. The minimum atomic E-state index is -5.72. The second-order valence-electron chi connectivity index (χ2n) is 4.38. The summed E-state index contributed by atoms with van der Waals surface area (Å²) in [5.41, 5.74) is 5.93. The van der Waals surface area contributed by atoms with Gasteiger partial charge in [0.15, 0.2) is 0 Å². The number of nitrogen functional groups attached to an aromatic ring is 1. The quantitative estimate of drug-likeness (QED) is 0.665. The summed E-state index contributed by atoms with van der Waals surface area (Å²) >= 11 is 0. The maximum atomic E-state index is 12.4. The molecule has 1 unspecified atom stereocenters. The molecule has 0 aliphatic heterocycles. The van der Waals surface area contributed by atoms with Gasteiger partial charge in [-0.3, -0.25) is 4.79 Å². The zero-order valence-electron chi connectivity index (χ0n) is 10.7.